The summed E-state index contributed by atoms with van der Waals surface area (Å²) in [6.07, 6.45) is 6.40. The van der Waals surface area contributed by atoms with Gasteiger partial charge in [0.1, 0.15) is 6.10 Å². The number of aromatic nitrogens is 2. The van der Waals surface area contributed by atoms with Crippen LogP contribution in [0.3, 0.4) is 0 Å². The molecule has 2 unspecified atom stereocenters. The first-order valence-corrected chi connectivity index (χ1v) is 5.08. The Bertz CT molecular complexity index is 297. The maximum atomic E-state index is 5.76. The van der Waals surface area contributed by atoms with Gasteiger partial charge in [-0.3, -0.25) is 4.68 Å². The van der Waals surface area contributed by atoms with Crippen molar-refractivity contribution in [2.45, 2.75) is 25.0 Å². The molecule has 0 spiro atoms. The minimum atomic E-state index is 0.169. The van der Waals surface area contributed by atoms with E-state index in [1.54, 1.807) is 0 Å². The van der Waals surface area contributed by atoms with Crippen LogP contribution in [0.4, 0.5) is 0 Å². The third-order valence-corrected chi connectivity index (χ3v) is 2.75. The minimum Gasteiger partial charge on any atom is -0.372 e. The molecule has 1 aromatic rings. The summed E-state index contributed by atoms with van der Waals surface area (Å²) in [5.74, 6) is 0. The molecule has 0 amide bonds. The van der Waals surface area contributed by atoms with Gasteiger partial charge in [0.2, 0.25) is 0 Å². The Morgan fingerprint density at radius 2 is 2.50 bits per heavy atom. The average Bonchev–Trinajstić information content (AvgIpc) is 2.65. The van der Waals surface area contributed by atoms with Gasteiger partial charge in [0.05, 0.1) is 6.20 Å². The lowest BCUT2D eigenvalue weighted by Crippen LogP contribution is -2.37. The molecule has 2 atom stereocenters. The Hall–Kier alpha value is -0.870. The highest BCUT2D eigenvalue weighted by atomic mass is 16.5. The highest BCUT2D eigenvalue weighted by Crippen LogP contribution is 2.27. The molecular formula is C10H17N3O. The predicted octanol–water partition coefficient (Wildman–Crippen LogP) is 0.860. The van der Waals surface area contributed by atoms with Crippen molar-refractivity contribution in [1.29, 1.82) is 0 Å². The number of nitrogens with one attached hydrogen (secondary N) is 1. The van der Waals surface area contributed by atoms with E-state index in [0.29, 0.717) is 6.04 Å². The molecule has 0 bridgehead atoms. The van der Waals surface area contributed by atoms with E-state index in [9.17, 15) is 0 Å². The molecule has 1 N–H and O–H groups in total. The number of hydrogen-bond donors (Lipinski definition) is 1. The molecule has 1 aliphatic heterocycles. The fraction of sp³-hybridized carbons (Fsp3) is 0.700. The van der Waals surface area contributed by atoms with Crippen LogP contribution >= 0.6 is 0 Å². The SMILES string of the molecule is CNC1CCCOC1c1cnn(C)c1. The van der Waals surface area contributed by atoms with Gasteiger partial charge in [-0.15, -0.1) is 0 Å². The van der Waals surface area contributed by atoms with Crippen molar-refractivity contribution in [3.05, 3.63) is 18.0 Å². The summed E-state index contributed by atoms with van der Waals surface area (Å²) < 4.78 is 7.58. The van der Waals surface area contributed by atoms with Gasteiger partial charge in [-0.2, -0.15) is 5.10 Å². The molecule has 14 heavy (non-hydrogen) atoms. The third kappa shape index (κ3) is 1.81. The topological polar surface area (TPSA) is 39.1 Å². The van der Waals surface area contributed by atoms with Crippen molar-refractivity contribution >= 4 is 0 Å². The summed E-state index contributed by atoms with van der Waals surface area (Å²) in [6.45, 7) is 0.859. The summed E-state index contributed by atoms with van der Waals surface area (Å²) >= 11 is 0. The lowest BCUT2D eigenvalue weighted by atomic mass is 9.98. The molecular weight excluding hydrogens is 178 g/mol. The van der Waals surface area contributed by atoms with Crippen LogP contribution in [-0.2, 0) is 11.8 Å². The third-order valence-electron chi connectivity index (χ3n) is 2.75. The van der Waals surface area contributed by atoms with Crippen LogP contribution < -0.4 is 5.32 Å². The first-order chi connectivity index (χ1) is 6.81. The molecule has 0 aromatic carbocycles. The van der Waals surface area contributed by atoms with Crippen molar-refractivity contribution in [3.8, 4) is 0 Å². The number of ether oxygens (including phenoxy) is 1. The standard InChI is InChI=1S/C10H17N3O/c1-11-9-4-3-5-14-10(9)8-6-12-13(2)7-8/h6-7,9-11H,3-5H2,1-2H3. The summed E-state index contributed by atoms with van der Waals surface area (Å²) in [5, 5.41) is 7.47. The first kappa shape index (κ1) is 9.68. The second-order valence-electron chi connectivity index (χ2n) is 3.78. The van der Waals surface area contributed by atoms with Crippen LogP contribution in [0.25, 0.3) is 0 Å². The van der Waals surface area contributed by atoms with E-state index in [4.69, 9.17) is 4.74 Å². The monoisotopic (exact) mass is 195 g/mol. The molecule has 1 fully saturated rings. The van der Waals surface area contributed by atoms with Gasteiger partial charge >= 0.3 is 0 Å². The molecule has 4 nitrogen and oxygen atoms in total. The summed E-state index contributed by atoms with van der Waals surface area (Å²) in [7, 11) is 3.92. The smallest absolute Gasteiger partial charge is 0.101 e. The molecule has 2 heterocycles. The molecule has 4 heteroatoms. The van der Waals surface area contributed by atoms with E-state index in [1.807, 2.05) is 31.2 Å². The van der Waals surface area contributed by atoms with Crippen LogP contribution in [0.5, 0.6) is 0 Å². The number of rotatable bonds is 2. The van der Waals surface area contributed by atoms with Crippen molar-refractivity contribution in [1.82, 2.24) is 15.1 Å². The minimum absolute atomic E-state index is 0.169. The molecule has 0 radical (unpaired) electrons. The summed E-state index contributed by atoms with van der Waals surface area (Å²) in [5.41, 5.74) is 1.17. The number of nitrogens with zero attached hydrogens (tertiary/aromatic N) is 2. The number of aryl methyl sites for hydroxylation is 1. The summed E-state index contributed by atoms with van der Waals surface area (Å²) in [6, 6.07) is 0.424. The Morgan fingerprint density at radius 3 is 3.14 bits per heavy atom. The highest BCUT2D eigenvalue weighted by molar-refractivity contribution is 5.11. The second-order valence-corrected chi connectivity index (χ2v) is 3.78. The molecule has 1 saturated heterocycles. The van der Waals surface area contributed by atoms with Crippen LogP contribution in [0.15, 0.2) is 12.4 Å². The van der Waals surface area contributed by atoms with Crippen molar-refractivity contribution < 1.29 is 4.74 Å². The lowest BCUT2D eigenvalue weighted by molar-refractivity contribution is -0.00858. The van der Waals surface area contributed by atoms with Crippen LogP contribution in [0, 0.1) is 0 Å². The Morgan fingerprint density at radius 1 is 1.64 bits per heavy atom. The maximum absolute atomic E-state index is 5.76. The lowest BCUT2D eigenvalue weighted by Gasteiger charge is -2.30. The van der Waals surface area contributed by atoms with Crippen LogP contribution in [-0.4, -0.2) is 29.5 Å². The van der Waals surface area contributed by atoms with Crippen LogP contribution in [0.1, 0.15) is 24.5 Å². The maximum Gasteiger partial charge on any atom is 0.101 e. The molecule has 1 aromatic heterocycles. The molecule has 1 aliphatic rings. The zero-order valence-electron chi connectivity index (χ0n) is 8.73. The van der Waals surface area contributed by atoms with Gasteiger partial charge in [-0.25, -0.2) is 0 Å². The van der Waals surface area contributed by atoms with E-state index >= 15 is 0 Å². The van der Waals surface area contributed by atoms with Gasteiger partial charge in [-0.05, 0) is 19.9 Å². The highest BCUT2D eigenvalue weighted by Gasteiger charge is 2.26. The predicted molar refractivity (Wildman–Crippen MR) is 54.0 cm³/mol. The number of likely N-dealkylation sites (N-methyl/N-ethyl adjacent to an activating group) is 1. The van der Waals surface area contributed by atoms with Gasteiger partial charge in [0.25, 0.3) is 0 Å². The molecule has 78 valence electrons. The Kier molecular flexibility index (Phi) is 2.84. The van der Waals surface area contributed by atoms with Gasteiger partial charge in [-0.1, -0.05) is 0 Å². The van der Waals surface area contributed by atoms with Crippen molar-refractivity contribution in [3.63, 3.8) is 0 Å². The second kappa shape index (κ2) is 4.11. The van der Waals surface area contributed by atoms with Crippen molar-refractivity contribution in [2.75, 3.05) is 13.7 Å². The van der Waals surface area contributed by atoms with E-state index in [1.165, 1.54) is 12.0 Å². The molecule has 2 rings (SSSR count). The van der Waals surface area contributed by atoms with E-state index in [0.717, 1.165) is 13.0 Å². The quantitative estimate of drug-likeness (QED) is 0.760. The summed E-state index contributed by atoms with van der Waals surface area (Å²) in [4.78, 5) is 0. The normalized spacial score (nSPS) is 27.9. The average molecular weight is 195 g/mol. The zero-order valence-corrected chi connectivity index (χ0v) is 8.73. The van der Waals surface area contributed by atoms with Crippen LogP contribution in [0.2, 0.25) is 0 Å². The molecule has 0 aliphatic carbocycles. The van der Waals surface area contributed by atoms with E-state index in [-0.39, 0.29) is 6.10 Å². The molecule has 0 saturated carbocycles. The Labute approximate surface area is 84.3 Å². The van der Waals surface area contributed by atoms with Gasteiger partial charge in [0, 0.05) is 31.5 Å². The van der Waals surface area contributed by atoms with Gasteiger partial charge in [0.15, 0.2) is 0 Å². The van der Waals surface area contributed by atoms with Gasteiger partial charge < -0.3 is 10.1 Å². The number of hydrogen-bond acceptors (Lipinski definition) is 3. The zero-order chi connectivity index (χ0) is 9.97. The fourth-order valence-corrected chi connectivity index (χ4v) is 1.99. The fourth-order valence-electron chi connectivity index (χ4n) is 1.99. The van der Waals surface area contributed by atoms with Crippen molar-refractivity contribution in [2.24, 2.45) is 7.05 Å². The Balaban J connectivity index is 2.14. The largest absolute Gasteiger partial charge is 0.372 e. The van der Waals surface area contributed by atoms with E-state index < -0.39 is 0 Å². The van der Waals surface area contributed by atoms with E-state index in [2.05, 4.69) is 10.4 Å². The first-order valence-electron chi connectivity index (χ1n) is 5.08.